The maximum absolute atomic E-state index is 12.4. The predicted molar refractivity (Wildman–Crippen MR) is 153 cm³/mol. The standard InChI is InChI=1S/C28H34N6O4S/c1-33-25(18-23-20-11-8-9-12-21(20)27(37)34(2)32-23)30-31-28(33)39-16-10-6-4-5-7-13-26(36)29-22-15-14-19(38-3)17-24(22)35/h8-9,11-12,14-15,17,35H,4-7,10,13,16,18H2,1-3H3,(H,29,36). The van der Waals surface area contributed by atoms with E-state index in [9.17, 15) is 14.7 Å². The van der Waals surface area contributed by atoms with E-state index >= 15 is 0 Å². The molecule has 0 saturated carbocycles. The van der Waals surface area contributed by atoms with E-state index in [0.29, 0.717) is 29.7 Å². The van der Waals surface area contributed by atoms with Gasteiger partial charge in [0.1, 0.15) is 17.3 Å². The first kappa shape index (κ1) is 28.2. The molecule has 0 atom stereocenters. The van der Waals surface area contributed by atoms with E-state index in [1.807, 2.05) is 35.9 Å². The topological polar surface area (TPSA) is 124 Å². The third-order valence-electron chi connectivity index (χ3n) is 6.54. The fourth-order valence-electron chi connectivity index (χ4n) is 4.32. The van der Waals surface area contributed by atoms with Gasteiger partial charge >= 0.3 is 0 Å². The summed E-state index contributed by atoms with van der Waals surface area (Å²) in [6, 6.07) is 12.3. The highest BCUT2D eigenvalue weighted by Crippen LogP contribution is 2.28. The van der Waals surface area contributed by atoms with Crippen LogP contribution in [0.2, 0.25) is 0 Å². The quantitative estimate of drug-likeness (QED) is 0.142. The number of anilines is 1. The molecule has 0 aliphatic heterocycles. The molecule has 2 aromatic heterocycles. The minimum Gasteiger partial charge on any atom is -0.506 e. The third kappa shape index (κ3) is 7.17. The van der Waals surface area contributed by atoms with Crippen LogP contribution in [0.15, 0.2) is 52.4 Å². The average molecular weight is 551 g/mol. The maximum atomic E-state index is 12.4. The summed E-state index contributed by atoms with van der Waals surface area (Å²) in [6.45, 7) is 0. The molecule has 4 rings (SSSR count). The van der Waals surface area contributed by atoms with Crippen LogP contribution in [0.4, 0.5) is 5.69 Å². The second kappa shape index (κ2) is 13.3. The number of methoxy groups -OCH3 is 1. The smallest absolute Gasteiger partial charge is 0.274 e. The number of aromatic hydroxyl groups is 1. The number of nitrogens with zero attached hydrogens (tertiary/aromatic N) is 5. The number of rotatable bonds is 13. The molecule has 2 aromatic carbocycles. The number of unbranched alkanes of at least 4 members (excludes halogenated alkanes) is 4. The summed E-state index contributed by atoms with van der Waals surface area (Å²) < 4.78 is 8.42. The van der Waals surface area contributed by atoms with Crippen LogP contribution >= 0.6 is 11.8 Å². The van der Waals surface area contributed by atoms with Crippen LogP contribution in [-0.2, 0) is 25.3 Å². The minimum absolute atomic E-state index is 0.00704. The lowest BCUT2D eigenvalue weighted by molar-refractivity contribution is -0.116. The van der Waals surface area contributed by atoms with Gasteiger partial charge in [0.15, 0.2) is 5.16 Å². The Hall–Kier alpha value is -3.86. The number of phenols is 1. The lowest BCUT2D eigenvalue weighted by Crippen LogP contribution is -2.21. The molecule has 4 aromatic rings. The number of hydrogen-bond acceptors (Lipinski definition) is 8. The molecule has 0 fully saturated rings. The second-order valence-electron chi connectivity index (χ2n) is 9.35. The average Bonchev–Trinajstić information content (AvgIpc) is 3.28. The van der Waals surface area contributed by atoms with E-state index < -0.39 is 0 Å². The second-order valence-corrected chi connectivity index (χ2v) is 10.4. The highest BCUT2D eigenvalue weighted by atomic mass is 32.2. The molecule has 11 heteroatoms. The molecular formula is C28H34N6O4S. The number of nitrogens with one attached hydrogen (secondary N) is 1. The molecule has 1 amide bonds. The maximum Gasteiger partial charge on any atom is 0.274 e. The molecule has 206 valence electrons. The summed E-state index contributed by atoms with van der Waals surface area (Å²) in [7, 11) is 5.15. The first-order chi connectivity index (χ1) is 18.9. The van der Waals surface area contributed by atoms with Gasteiger partial charge in [-0.2, -0.15) is 5.10 Å². The first-order valence-corrected chi connectivity index (χ1v) is 14.0. The van der Waals surface area contributed by atoms with Gasteiger partial charge in [-0.15, -0.1) is 10.2 Å². The largest absolute Gasteiger partial charge is 0.506 e. The number of hydrogen-bond donors (Lipinski definition) is 2. The Kier molecular flexibility index (Phi) is 9.59. The highest BCUT2D eigenvalue weighted by molar-refractivity contribution is 7.99. The number of phenolic OH excluding ortho intramolecular Hbond substituents is 1. The van der Waals surface area contributed by atoms with Crippen molar-refractivity contribution in [1.82, 2.24) is 24.5 Å². The summed E-state index contributed by atoms with van der Waals surface area (Å²) in [6.07, 6.45) is 5.86. The van der Waals surface area contributed by atoms with Crippen molar-refractivity contribution >= 4 is 34.1 Å². The van der Waals surface area contributed by atoms with Crippen molar-refractivity contribution in [1.29, 1.82) is 0 Å². The third-order valence-corrected chi connectivity index (χ3v) is 7.65. The highest BCUT2D eigenvalue weighted by Gasteiger charge is 2.14. The summed E-state index contributed by atoms with van der Waals surface area (Å²) in [5.41, 5.74) is 1.08. The fraction of sp³-hybridized carbons (Fsp3) is 0.393. The van der Waals surface area contributed by atoms with E-state index in [2.05, 4.69) is 20.6 Å². The zero-order valence-corrected chi connectivity index (χ0v) is 23.3. The van der Waals surface area contributed by atoms with Crippen molar-refractivity contribution in [2.75, 3.05) is 18.2 Å². The number of carbonyl (C=O) groups excluding carboxylic acids is 1. The molecule has 2 N–H and O–H groups in total. The molecule has 10 nitrogen and oxygen atoms in total. The fourth-order valence-corrected chi connectivity index (χ4v) is 5.25. The van der Waals surface area contributed by atoms with Crippen molar-refractivity contribution in [2.24, 2.45) is 14.1 Å². The van der Waals surface area contributed by atoms with Gasteiger partial charge in [-0.05, 0) is 31.0 Å². The first-order valence-electron chi connectivity index (χ1n) is 13.0. The van der Waals surface area contributed by atoms with Gasteiger partial charge in [0.2, 0.25) is 5.91 Å². The van der Waals surface area contributed by atoms with Gasteiger partial charge in [-0.3, -0.25) is 9.59 Å². The van der Waals surface area contributed by atoms with Gasteiger partial charge in [0, 0.05) is 37.7 Å². The number of aromatic nitrogens is 5. The molecule has 0 unspecified atom stereocenters. The lowest BCUT2D eigenvalue weighted by atomic mass is 10.1. The van der Waals surface area contributed by atoms with Crippen LogP contribution in [0.5, 0.6) is 11.5 Å². The summed E-state index contributed by atoms with van der Waals surface area (Å²) in [5.74, 6) is 2.16. The van der Waals surface area contributed by atoms with Crippen LogP contribution in [0.1, 0.15) is 50.0 Å². The van der Waals surface area contributed by atoms with Crippen molar-refractivity contribution in [2.45, 2.75) is 50.1 Å². The Morgan fingerprint density at radius 1 is 1.03 bits per heavy atom. The molecule has 2 heterocycles. The van der Waals surface area contributed by atoms with Gasteiger partial charge in [0.05, 0.1) is 30.3 Å². The molecule has 0 saturated heterocycles. The van der Waals surface area contributed by atoms with Crippen LogP contribution in [0, 0.1) is 0 Å². The monoisotopic (exact) mass is 550 g/mol. The summed E-state index contributed by atoms with van der Waals surface area (Å²) in [4.78, 5) is 24.6. The lowest BCUT2D eigenvalue weighted by Gasteiger charge is -2.09. The Morgan fingerprint density at radius 3 is 2.54 bits per heavy atom. The van der Waals surface area contributed by atoms with E-state index in [1.54, 1.807) is 30.9 Å². The Balaban J connectivity index is 1.16. The molecule has 0 bridgehead atoms. The number of fused-ring (bicyclic) bond motifs is 1. The van der Waals surface area contributed by atoms with Crippen molar-refractivity contribution in [3.8, 4) is 11.5 Å². The number of benzene rings is 2. The zero-order chi connectivity index (χ0) is 27.8. The van der Waals surface area contributed by atoms with E-state index in [0.717, 1.165) is 59.9 Å². The molecule has 0 aliphatic carbocycles. The zero-order valence-electron chi connectivity index (χ0n) is 22.5. The number of ether oxygens (including phenoxy) is 1. The Morgan fingerprint density at radius 2 is 1.77 bits per heavy atom. The SMILES string of the molecule is COc1ccc(NC(=O)CCCCCCCSc2nnc(Cc3nn(C)c(=O)c4ccccc34)n2C)c(O)c1. The number of carbonyl (C=O) groups is 1. The minimum atomic E-state index is -0.110. The molecular weight excluding hydrogens is 516 g/mol. The predicted octanol–water partition coefficient (Wildman–Crippen LogP) is 4.44. The van der Waals surface area contributed by atoms with Crippen molar-refractivity contribution in [3.05, 3.63) is 64.3 Å². The van der Waals surface area contributed by atoms with E-state index in [1.165, 1.54) is 17.9 Å². The summed E-state index contributed by atoms with van der Waals surface area (Å²) in [5, 5.41) is 28.3. The van der Waals surface area contributed by atoms with Crippen molar-refractivity contribution < 1.29 is 14.6 Å². The number of aryl methyl sites for hydroxylation is 1. The van der Waals surface area contributed by atoms with Crippen LogP contribution in [0.3, 0.4) is 0 Å². The molecule has 0 radical (unpaired) electrons. The van der Waals surface area contributed by atoms with Gasteiger partial charge < -0.3 is 19.7 Å². The normalized spacial score (nSPS) is 11.2. The molecule has 0 aliphatic rings. The number of amides is 1. The van der Waals surface area contributed by atoms with Crippen LogP contribution in [0.25, 0.3) is 10.8 Å². The van der Waals surface area contributed by atoms with Crippen LogP contribution < -0.4 is 15.6 Å². The van der Waals surface area contributed by atoms with Crippen molar-refractivity contribution in [3.63, 3.8) is 0 Å². The Labute approximate surface area is 231 Å². The van der Waals surface area contributed by atoms with Gasteiger partial charge in [-0.1, -0.05) is 49.2 Å². The molecule has 0 spiro atoms. The van der Waals surface area contributed by atoms with E-state index in [4.69, 9.17) is 4.74 Å². The van der Waals surface area contributed by atoms with E-state index in [-0.39, 0.29) is 17.2 Å². The van der Waals surface area contributed by atoms with Gasteiger partial charge in [0.25, 0.3) is 5.56 Å². The number of thioether (sulfide) groups is 1. The van der Waals surface area contributed by atoms with Crippen LogP contribution in [-0.4, -0.2) is 48.4 Å². The molecule has 39 heavy (non-hydrogen) atoms. The Bertz CT molecular complexity index is 1500. The van der Waals surface area contributed by atoms with Gasteiger partial charge in [-0.25, -0.2) is 4.68 Å². The summed E-state index contributed by atoms with van der Waals surface area (Å²) >= 11 is 1.68.